The fraction of sp³-hybridized carbons (Fsp3) is 0.385. The molecule has 8 heteroatoms. The number of carbonyl (C=O) groups is 3. The van der Waals surface area contributed by atoms with E-state index in [9.17, 15) is 14.4 Å². The minimum absolute atomic E-state index is 0.212. The summed E-state index contributed by atoms with van der Waals surface area (Å²) in [5, 5.41) is 5.62. The molecular weight excluding hydrogens is 432 g/mol. The Bertz CT molecular complexity index is 916. The quantitative estimate of drug-likeness (QED) is 0.391. The second-order valence-electron chi connectivity index (χ2n) is 8.52. The van der Waals surface area contributed by atoms with Gasteiger partial charge in [-0.15, -0.1) is 0 Å². The predicted molar refractivity (Wildman–Crippen MR) is 132 cm³/mol. The number of benzene rings is 2. The normalized spacial score (nSPS) is 12.6. The van der Waals surface area contributed by atoms with E-state index in [2.05, 4.69) is 10.6 Å². The summed E-state index contributed by atoms with van der Waals surface area (Å²) >= 11 is 0. The summed E-state index contributed by atoms with van der Waals surface area (Å²) in [5.41, 5.74) is 7.21. The molecule has 0 aromatic heterocycles. The molecule has 4 N–H and O–H groups in total. The SMILES string of the molecule is CC(C[CH]C(=O)NC(Cc1ccc(OCc2ccccc2)cc1)C(=O)NCCN(C)C)C(N)=O. The standard InChI is InChI=1S/C26H35N4O4/c1-19(25(27)32)9-14-24(31)29-23(26(33)28-15-16-30(2)3)17-20-10-12-22(13-11-20)34-18-21-7-5-4-6-8-21/h4-8,10-14,19,23H,9,15-18H2,1-3H3,(H2,27,32)(H,28,33)(H,29,31). The van der Waals surface area contributed by atoms with Crippen molar-refractivity contribution in [3.8, 4) is 5.75 Å². The molecular formula is C26H35N4O4. The van der Waals surface area contributed by atoms with Crippen molar-refractivity contribution < 1.29 is 19.1 Å². The van der Waals surface area contributed by atoms with E-state index in [1.165, 1.54) is 6.42 Å². The van der Waals surface area contributed by atoms with Crippen LogP contribution in [-0.2, 0) is 27.4 Å². The highest BCUT2D eigenvalue weighted by Gasteiger charge is 2.22. The van der Waals surface area contributed by atoms with E-state index in [4.69, 9.17) is 10.5 Å². The fourth-order valence-corrected chi connectivity index (χ4v) is 3.06. The molecule has 8 nitrogen and oxygen atoms in total. The van der Waals surface area contributed by atoms with Crippen LogP contribution in [0, 0.1) is 12.3 Å². The molecule has 0 heterocycles. The molecule has 3 amide bonds. The molecule has 183 valence electrons. The highest BCUT2D eigenvalue weighted by Crippen LogP contribution is 2.16. The number of likely N-dealkylation sites (N-methyl/N-ethyl adjacent to an activating group) is 1. The molecule has 0 aliphatic heterocycles. The second kappa shape index (κ2) is 14.0. The summed E-state index contributed by atoms with van der Waals surface area (Å²) in [7, 11) is 3.84. The maximum absolute atomic E-state index is 12.8. The molecule has 0 saturated heterocycles. The molecule has 0 aliphatic rings. The molecule has 0 spiro atoms. The number of primary amides is 1. The predicted octanol–water partition coefficient (Wildman–Crippen LogP) is 1.69. The molecule has 2 aromatic rings. The Labute approximate surface area is 201 Å². The molecule has 2 unspecified atom stereocenters. The van der Waals surface area contributed by atoms with Crippen LogP contribution in [0.1, 0.15) is 24.5 Å². The summed E-state index contributed by atoms with van der Waals surface area (Å²) in [4.78, 5) is 38.3. The first-order valence-corrected chi connectivity index (χ1v) is 11.4. The molecule has 0 saturated carbocycles. The van der Waals surface area contributed by atoms with Crippen molar-refractivity contribution in [1.29, 1.82) is 0 Å². The van der Waals surface area contributed by atoms with Gasteiger partial charge in [-0.05, 0) is 43.8 Å². The average Bonchev–Trinajstić information content (AvgIpc) is 2.82. The number of ether oxygens (including phenoxy) is 1. The summed E-state index contributed by atoms with van der Waals surface area (Å²) < 4.78 is 5.82. The zero-order valence-corrected chi connectivity index (χ0v) is 20.1. The van der Waals surface area contributed by atoms with Gasteiger partial charge in [-0.1, -0.05) is 49.4 Å². The molecule has 2 aromatic carbocycles. The minimum atomic E-state index is -0.758. The lowest BCUT2D eigenvalue weighted by molar-refractivity contribution is -0.127. The Hall–Kier alpha value is -3.39. The van der Waals surface area contributed by atoms with Gasteiger partial charge in [0.1, 0.15) is 18.4 Å². The van der Waals surface area contributed by atoms with Crippen LogP contribution in [0.4, 0.5) is 0 Å². The number of nitrogens with zero attached hydrogens (tertiary/aromatic N) is 1. The number of nitrogens with two attached hydrogens (primary N) is 1. The van der Waals surface area contributed by atoms with Crippen LogP contribution in [0.3, 0.4) is 0 Å². The number of hydrogen-bond acceptors (Lipinski definition) is 5. The topological polar surface area (TPSA) is 114 Å². The van der Waals surface area contributed by atoms with Gasteiger partial charge in [0.05, 0.1) is 6.42 Å². The van der Waals surface area contributed by atoms with Crippen LogP contribution in [0.25, 0.3) is 0 Å². The largest absolute Gasteiger partial charge is 0.489 e. The van der Waals surface area contributed by atoms with Gasteiger partial charge in [0.2, 0.25) is 17.7 Å². The van der Waals surface area contributed by atoms with Crippen molar-refractivity contribution in [2.45, 2.75) is 32.4 Å². The van der Waals surface area contributed by atoms with E-state index >= 15 is 0 Å². The van der Waals surface area contributed by atoms with Crippen LogP contribution in [-0.4, -0.2) is 55.8 Å². The van der Waals surface area contributed by atoms with Gasteiger partial charge in [-0.2, -0.15) is 0 Å². The third-order valence-corrected chi connectivity index (χ3v) is 5.25. The first kappa shape index (κ1) is 26.9. The molecule has 2 rings (SSSR count). The van der Waals surface area contributed by atoms with E-state index in [-0.39, 0.29) is 12.3 Å². The number of amides is 3. The van der Waals surface area contributed by atoms with E-state index in [1.54, 1.807) is 6.92 Å². The minimum Gasteiger partial charge on any atom is -0.489 e. The van der Waals surface area contributed by atoms with E-state index in [1.807, 2.05) is 73.6 Å². The Balaban J connectivity index is 1.97. The van der Waals surface area contributed by atoms with Gasteiger partial charge in [-0.3, -0.25) is 14.4 Å². The molecule has 2 atom stereocenters. The molecule has 34 heavy (non-hydrogen) atoms. The summed E-state index contributed by atoms with van der Waals surface area (Å²) in [6, 6.07) is 16.6. The maximum Gasteiger partial charge on any atom is 0.242 e. The monoisotopic (exact) mass is 467 g/mol. The van der Waals surface area contributed by atoms with Gasteiger partial charge < -0.3 is 26.0 Å². The van der Waals surface area contributed by atoms with Gasteiger partial charge in [0.15, 0.2) is 0 Å². The van der Waals surface area contributed by atoms with E-state index in [0.29, 0.717) is 26.1 Å². The molecule has 0 bridgehead atoms. The van der Waals surface area contributed by atoms with Crippen molar-refractivity contribution in [1.82, 2.24) is 15.5 Å². The first-order chi connectivity index (χ1) is 16.2. The van der Waals surface area contributed by atoms with Crippen molar-refractivity contribution in [3.05, 3.63) is 72.1 Å². The summed E-state index contributed by atoms with van der Waals surface area (Å²) in [5.74, 6) is -0.893. The number of rotatable bonds is 14. The molecule has 0 aliphatic carbocycles. The molecule has 0 fully saturated rings. The van der Waals surface area contributed by atoms with Crippen molar-refractivity contribution in [2.24, 2.45) is 11.7 Å². The number of carbonyl (C=O) groups excluding carboxylic acids is 3. The lowest BCUT2D eigenvalue weighted by Gasteiger charge is -2.20. The number of nitrogens with one attached hydrogen (secondary N) is 2. The third kappa shape index (κ3) is 10.0. The van der Waals surface area contributed by atoms with Gasteiger partial charge >= 0.3 is 0 Å². The Morgan fingerprint density at radius 1 is 1.03 bits per heavy atom. The smallest absolute Gasteiger partial charge is 0.242 e. The molecule has 1 radical (unpaired) electrons. The lowest BCUT2D eigenvalue weighted by Crippen LogP contribution is -2.49. The Kier molecular flexibility index (Phi) is 11.1. The van der Waals surface area contributed by atoms with Gasteiger partial charge in [-0.25, -0.2) is 0 Å². The third-order valence-electron chi connectivity index (χ3n) is 5.25. The highest BCUT2D eigenvalue weighted by molar-refractivity contribution is 5.91. The zero-order valence-electron chi connectivity index (χ0n) is 20.1. The first-order valence-electron chi connectivity index (χ1n) is 11.4. The van der Waals surface area contributed by atoms with Crippen molar-refractivity contribution >= 4 is 17.7 Å². The van der Waals surface area contributed by atoms with Gasteiger partial charge in [0, 0.05) is 25.4 Å². The zero-order chi connectivity index (χ0) is 24.9. The summed E-state index contributed by atoms with van der Waals surface area (Å²) in [6.07, 6.45) is 1.89. The van der Waals surface area contributed by atoms with Crippen LogP contribution in [0.15, 0.2) is 54.6 Å². The van der Waals surface area contributed by atoms with E-state index in [0.717, 1.165) is 16.9 Å². The fourth-order valence-electron chi connectivity index (χ4n) is 3.06. The Morgan fingerprint density at radius 3 is 2.32 bits per heavy atom. The summed E-state index contributed by atoms with van der Waals surface area (Å²) in [6.45, 7) is 3.26. The van der Waals surface area contributed by atoms with E-state index < -0.39 is 23.8 Å². The lowest BCUT2D eigenvalue weighted by atomic mass is 10.0. The number of hydrogen-bond donors (Lipinski definition) is 3. The van der Waals surface area contributed by atoms with Crippen LogP contribution < -0.4 is 21.1 Å². The van der Waals surface area contributed by atoms with Crippen molar-refractivity contribution in [2.75, 3.05) is 27.2 Å². The average molecular weight is 468 g/mol. The van der Waals surface area contributed by atoms with Gasteiger partial charge in [0.25, 0.3) is 0 Å². The second-order valence-corrected chi connectivity index (χ2v) is 8.52. The van der Waals surface area contributed by atoms with Crippen LogP contribution in [0.2, 0.25) is 0 Å². The van der Waals surface area contributed by atoms with Crippen LogP contribution >= 0.6 is 0 Å². The maximum atomic E-state index is 12.8. The Morgan fingerprint density at radius 2 is 1.71 bits per heavy atom. The van der Waals surface area contributed by atoms with Crippen LogP contribution in [0.5, 0.6) is 5.75 Å². The van der Waals surface area contributed by atoms with Crippen molar-refractivity contribution in [3.63, 3.8) is 0 Å². The highest BCUT2D eigenvalue weighted by atomic mass is 16.5.